The van der Waals surface area contributed by atoms with Gasteiger partial charge in [0, 0.05) is 5.56 Å². The number of carbonyl (C=O) groups excluding carboxylic acids is 1. The van der Waals surface area contributed by atoms with E-state index in [1.54, 1.807) is 6.07 Å². The molecule has 0 aliphatic rings. The van der Waals surface area contributed by atoms with E-state index >= 15 is 0 Å². The van der Waals surface area contributed by atoms with E-state index in [0.29, 0.717) is 11.1 Å². The largest absolute Gasteiger partial charge is 0.469 e. The van der Waals surface area contributed by atoms with E-state index in [-0.39, 0.29) is 5.78 Å². The van der Waals surface area contributed by atoms with Crippen LogP contribution in [0.2, 0.25) is 0 Å². The minimum atomic E-state index is 0.0184. The third kappa shape index (κ3) is 2.64. The van der Waals surface area contributed by atoms with Crippen LogP contribution in [0.4, 0.5) is 0 Å². The van der Waals surface area contributed by atoms with Crippen molar-refractivity contribution in [2.24, 2.45) is 0 Å². The average Bonchev–Trinajstić information content (AvgIpc) is 2.76. The molecule has 2 heteroatoms. The van der Waals surface area contributed by atoms with Crippen molar-refractivity contribution in [3.05, 3.63) is 59.0 Å². The van der Waals surface area contributed by atoms with E-state index in [0.717, 1.165) is 18.6 Å². The summed E-state index contributed by atoms with van der Waals surface area (Å²) in [4.78, 5) is 12.1. The van der Waals surface area contributed by atoms with Gasteiger partial charge in [-0.25, -0.2) is 0 Å². The first-order valence-electron chi connectivity index (χ1n) is 5.89. The maximum Gasteiger partial charge on any atom is 0.196 e. The average molecular weight is 228 g/mol. The Morgan fingerprint density at radius 3 is 2.41 bits per heavy atom. The van der Waals surface area contributed by atoms with Crippen molar-refractivity contribution in [3.8, 4) is 0 Å². The molecule has 0 saturated carbocycles. The fourth-order valence-corrected chi connectivity index (χ4v) is 1.84. The third-order valence-electron chi connectivity index (χ3n) is 2.75. The van der Waals surface area contributed by atoms with Gasteiger partial charge in [-0.3, -0.25) is 4.79 Å². The lowest BCUT2D eigenvalue weighted by molar-refractivity contribution is 0.103. The molecule has 0 atom stereocenters. The molecule has 0 fully saturated rings. The Bertz CT molecular complexity index is 506. The number of carbonyl (C=O) groups is 1. The van der Waals surface area contributed by atoms with E-state index < -0.39 is 0 Å². The van der Waals surface area contributed by atoms with E-state index in [4.69, 9.17) is 4.42 Å². The highest BCUT2D eigenvalue weighted by Crippen LogP contribution is 2.14. The lowest BCUT2D eigenvalue weighted by atomic mass is 10.0. The number of benzene rings is 1. The molecule has 0 saturated heterocycles. The van der Waals surface area contributed by atoms with Crippen LogP contribution >= 0.6 is 0 Å². The number of hydrogen-bond donors (Lipinski definition) is 0. The van der Waals surface area contributed by atoms with Gasteiger partial charge in [0.1, 0.15) is 12.0 Å². The van der Waals surface area contributed by atoms with Gasteiger partial charge >= 0.3 is 0 Å². The molecule has 0 spiro atoms. The van der Waals surface area contributed by atoms with Gasteiger partial charge in [0.25, 0.3) is 0 Å². The second-order valence-corrected chi connectivity index (χ2v) is 4.22. The number of hydrogen-bond acceptors (Lipinski definition) is 2. The van der Waals surface area contributed by atoms with Gasteiger partial charge in [0.05, 0.1) is 5.56 Å². The van der Waals surface area contributed by atoms with Gasteiger partial charge in [0.15, 0.2) is 5.78 Å². The van der Waals surface area contributed by atoms with Gasteiger partial charge in [-0.1, -0.05) is 37.6 Å². The first-order chi connectivity index (χ1) is 8.20. The highest BCUT2D eigenvalue weighted by molar-refractivity contribution is 6.08. The van der Waals surface area contributed by atoms with Crippen molar-refractivity contribution in [1.29, 1.82) is 0 Å². The Morgan fingerprint density at radius 1 is 1.18 bits per heavy atom. The van der Waals surface area contributed by atoms with Crippen LogP contribution in [-0.4, -0.2) is 5.78 Å². The first kappa shape index (κ1) is 11.6. The zero-order valence-electron chi connectivity index (χ0n) is 10.2. The van der Waals surface area contributed by atoms with Crippen LogP contribution in [0.3, 0.4) is 0 Å². The molecule has 0 N–H and O–H groups in total. The number of aryl methyl sites for hydroxylation is 2. The molecule has 0 unspecified atom stereocenters. The molecule has 0 bridgehead atoms. The molecule has 1 aromatic heterocycles. The molecule has 0 aliphatic heterocycles. The van der Waals surface area contributed by atoms with Crippen molar-refractivity contribution in [2.75, 3.05) is 0 Å². The second-order valence-electron chi connectivity index (χ2n) is 4.22. The van der Waals surface area contributed by atoms with Crippen LogP contribution in [0.15, 0.2) is 41.0 Å². The predicted molar refractivity (Wildman–Crippen MR) is 67.3 cm³/mol. The maximum atomic E-state index is 12.1. The van der Waals surface area contributed by atoms with Crippen molar-refractivity contribution < 1.29 is 9.21 Å². The van der Waals surface area contributed by atoms with Crippen LogP contribution in [0.1, 0.15) is 40.6 Å². The van der Waals surface area contributed by atoms with Crippen LogP contribution < -0.4 is 0 Å². The van der Waals surface area contributed by atoms with Gasteiger partial charge in [0.2, 0.25) is 0 Å². The molecule has 0 aliphatic carbocycles. The molecule has 0 radical (unpaired) electrons. The standard InChI is InChI=1S/C15H16O2/c1-3-4-12-5-7-13(8-6-12)15(16)14-9-11(2)17-10-14/h5-10H,3-4H2,1-2H3. The Kier molecular flexibility index (Phi) is 3.43. The van der Waals surface area contributed by atoms with Gasteiger partial charge in [-0.2, -0.15) is 0 Å². The summed E-state index contributed by atoms with van der Waals surface area (Å²) in [6.45, 7) is 3.98. The Hall–Kier alpha value is -1.83. The highest BCUT2D eigenvalue weighted by Gasteiger charge is 2.11. The summed E-state index contributed by atoms with van der Waals surface area (Å²) in [6, 6.07) is 9.57. The quantitative estimate of drug-likeness (QED) is 0.745. The normalized spacial score (nSPS) is 10.5. The third-order valence-corrected chi connectivity index (χ3v) is 2.75. The molecule has 88 valence electrons. The molecule has 2 rings (SSSR count). The lowest BCUT2D eigenvalue weighted by Crippen LogP contribution is -1.99. The van der Waals surface area contributed by atoms with Crippen LogP contribution in [-0.2, 0) is 6.42 Å². The molecule has 2 aromatic rings. The van der Waals surface area contributed by atoms with Crippen LogP contribution in [0.25, 0.3) is 0 Å². The van der Waals surface area contributed by atoms with Gasteiger partial charge in [-0.15, -0.1) is 0 Å². The summed E-state index contributed by atoms with van der Waals surface area (Å²) < 4.78 is 5.15. The number of ketones is 1. The fraction of sp³-hybridized carbons (Fsp3) is 0.267. The monoisotopic (exact) mass is 228 g/mol. The zero-order valence-corrected chi connectivity index (χ0v) is 10.2. The topological polar surface area (TPSA) is 30.2 Å². The van der Waals surface area contributed by atoms with Crippen molar-refractivity contribution >= 4 is 5.78 Å². The van der Waals surface area contributed by atoms with Crippen LogP contribution in [0.5, 0.6) is 0 Å². The number of rotatable bonds is 4. The molecule has 0 amide bonds. The minimum Gasteiger partial charge on any atom is -0.469 e. The van der Waals surface area contributed by atoms with Gasteiger partial charge < -0.3 is 4.42 Å². The predicted octanol–water partition coefficient (Wildman–Crippen LogP) is 3.77. The molecule has 1 heterocycles. The maximum absolute atomic E-state index is 12.1. The molecular formula is C15H16O2. The summed E-state index contributed by atoms with van der Waals surface area (Å²) >= 11 is 0. The second kappa shape index (κ2) is 5.00. The molecule has 2 nitrogen and oxygen atoms in total. The SMILES string of the molecule is CCCc1ccc(C(=O)c2coc(C)c2)cc1. The Labute approximate surface area is 101 Å². The number of furan rings is 1. The summed E-state index contributed by atoms with van der Waals surface area (Å²) in [5.74, 6) is 0.779. The van der Waals surface area contributed by atoms with E-state index in [1.807, 2.05) is 31.2 Å². The lowest BCUT2D eigenvalue weighted by Gasteiger charge is -2.01. The van der Waals surface area contributed by atoms with E-state index in [2.05, 4.69) is 6.92 Å². The molecule has 17 heavy (non-hydrogen) atoms. The van der Waals surface area contributed by atoms with Crippen molar-refractivity contribution in [3.63, 3.8) is 0 Å². The summed E-state index contributed by atoms with van der Waals surface area (Å²) in [5.41, 5.74) is 2.60. The Balaban J connectivity index is 2.20. The fourth-order valence-electron chi connectivity index (χ4n) is 1.84. The molecular weight excluding hydrogens is 212 g/mol. The van der Waals surface area contributed by atoms with Crippen LogP contribution in [0, 0.1) is 6.92 Å². The summed E-state index contributed by atoms with van der Waals surface area (Å²) in [7, 11) is 0. The van der Waals surface area contributed by atoms with Crippen molar-refractivity contribution in [1.82, 2.24) is 0 Å². The van der Waals surface area contributed by atoms with Gasteiger partial charge in [-0.05, 0) is 25.0 Å². The zero-order chi connectivity index (χ0) is 12.3. The van der Waals surface area contributed by atoms with E-state index in [1.165, 1.54) is 11.8 Å². The summed E-state index contributed by atoms with van der Waals surface area (Å²) in [6.07, 6.45) is 3.69. The first-order valence-corrected chi connectivity index (χ1v) is 5.89. The summed E-state index contributed by atoms with van der Waals surface area (Å²) in [5, 5.41) is 0. The Morgan fingerprint density at radius 2 is 1.88 bits per heavy atom. The highest BCUT2D eigenvalue weighted by atomic mass is 16.3. The minimum absolute atomic E-state index is 0.0184. The smallest absolute Gasteiger partial charge is 0.196 e. The molecule has 1 aromatic carbocycles. The van der Waals surface area contributed by atoms with Crippen molar-refractivity contribution in [2.45, 2.75) is 26.7 Å². The van der Waals surface area contributed by atoms with E-state index in [9.17, 15) is 4.79 Å².